The fourth-order valence-corrected chi connectivity index (χ4v) is 4.19. The molecule has 2 heterocycles. The number of nitrogens with one attached hydrogen (secondary N) is 1. The van der Waals surface area contributed by atoms with Crippen molar-refractivity contribution >= 4 is 16.8 Å². The van der Waals surface area contributed by atoms with Crippen molar-refractivity contribution in [3.8, 4) is 0 Å². The Bertz CT molecular complexity index is 986. The zero-order chi connectivity index (χ0) is 17.0. The minimum atomic E-state index is -0.428. The summed E-state index contributed by atoms with van der Waals surface area (Å²) in [7, 11) is 0. The Morgan fingerprint density at radius 2 is 1.92 bits per heavy atom. The van der Waals surface area contributed by atoms with E-state index in [9.17, 15) is 9.18 Å². The summed E-state index contributed by atoms with van der Waals surface area (Å²) >= 11 is 0. The predicted molar refractivity (Wildman–Crippen MR) is 94.7 cm³/mol. The van der Waals surface area contributed by atoms with E-state index in [0.717, 1.165) is 42.3 Å². The molecule has 0 unspecified atom stereocenters. The summed E-state index contributed by atoms with van der Waals surface area (Å²) in [6.45, 7) is 1.46. The Hall–Kier alpha value is -2.62. The Morgan fingerprint density at radius 1 is 1.12 bits per heavy atom. The standard InChI is InChI=1S/C21H19FN2O/c22-16-5-6-17-18(12-23-19(17)11-16)21(8-9-21)20(25)24-10-7-14-3-1-2-4-15(14)13-24/h1-6,11-12,23H,7-10,13H2. The van der Waals surface area contributed by atoms with E-state index in [4.69, 9.17) is 0 Å². The molecule has 0 spiro atoms. The van der Waals surface area contributed by atoms with Crippen molar-refractivity contribution in [3.63, 3.8) is 0 Å². The van der Waals surface area contributed by atoms with Gasteiger partial charge in [-0.1, -0.05) is 24.3 Å². The van der Waals surface area contributed by atoms with Gasteiger partial charge in [0.05, 0.1) is 5.41 Å². The second-order valence-corrected chi connectivity index (χ2v) is 7.22. The zero-order valence-corrected chi connectivity index (χ0v) is 13.9. The van der Waals surface area contributed by atoms with Gasteiger partial charge in [0.15, 0.2) is 0 Å². The average molecular weight is 334 g/mol. The van der Waals surface area contributed by atoms with Gasteiger partial charge in [0.25, 0.3) is 0 Å². The van der Waals surface area contributed by atoms with Gasteiger partial charge in [-0.3, -0.25) is 4.79 Å². The molecular weight excluding hydrogens is 315 g/mol. The number of aromatic nitrogens is 1. The molecule has 2 aromatic carbocycles. The molecule has 1 aromatic heterocycles. The van der Waals surface area contributed by atoms with E-state index in [1.54, 1.807) is 6.07 Å². The van der Waals surface area contributed by atoms with Crippen LogP contribution in [0.4, 0.5) is 4.39 Å². The van der Waals surface area contributed by atoms with Crippen LogP contribution >= 0.6 is 0 Å². The first kappa shape index (κ1) is 14.7. The second kappa shape index (κ2) is 5.19. The lowest BCUT2D eigenvalue weighted by atomic mass is 9.92. The van der Waals surface area contributed by atoms with Gasteiger partial charge in [-0.15, -0.1) is 0 Å². The molecule has 25 heavy (non-hydrogen) atoms. The number of carbonyl (C=O) groups is 1. The third-order valence-electron chi connectivity index (χ3n) is 5.74. The molecule has 3 nitrogen and oxygen atoms in total. The molecule has 1 aliphatic heterocycles. The van der Waals surface area contributed by atoms with Crippen LogP contribution in [0, 0.1) is 5.82 Å². The number of carbonyl (C=O) groups excluding carboxylic acids is 1. The number of rotatable bonds is 2. The molecule has 1 fully saturated rings. The highest BCUT2D eigenvalue weighted by Gasteiger charge is 2.54. The monoisotopic (exact) mass is 334 g/mol. The van der Waals surface area contributed by atoms with Crippen LogP contribution in [0.5, 0.6) is 0 Å². The SMILES string of the molecule is O=C(N1CCc2ccccc2C1)C1(c2c[nH]c3cc(F)ccc23)CC1. The van der Waals surface area contributed by atoms with Gasteiger partial charge >= 0.3 is 0 Å². The highest BCUT2D eigenvalue weighted by atomic mass is 19.1. The first-order valence-electron chi connectivity index (χ1n) is 8.81. The number of nitrogens with zero attached hydrogens (tertiary/aromatic N) is 1. The number of benzene rings is 2. The number of aromatic amines is 1. The Kier molecular flexibility index (Phi) is 3.05. The summed E-state index contributed by atoms with van der Waals surface area (Å²) in [6.07, 6.45) is 4.55. The van der Waals surface area contributed by atoms with E-state index in [1.165, 1.54) is 23.3 Å². The van der Waals surface area contributed by atoms with Crippen LogP contribution < -0.4 is 0 Å². The lowest BCUT2D eigenvalue weighted by molar-refractivity contribution is -0.134. The molecule has 0 saturated heterocycles. The van der Waals surface area contributed by atoms with Gasteiger partial charge in [-0.2, -0.15) is 0 Å². The van der Waals surface area contributed by atoms with Gasteiger partial charge in [0.2, 0.25) is 5.91 Å². The molecule has 126 valence electrons. The molecule has 4 heteroatoms. The number of fused-ring (bicyclic) bond motifs is 2. The third kappa shape index (κ3) is 2.20. The summed E-state index contributed by atoms with van der Waals surface area (Å²) in [4.78, 5) is 18.5. The first-order valence-corrected chi connectivity index (χ1v) is 8.81. The van der Waals surface area contributed by atoms with Gasteiger partial charge in [0, 0.05) is 30.2 Å². The van der Waals surface area contributed by atoms with Gasteiger partial charge in [-0.25, -0.2) is 4.39 Å². The van der Waals surface area contributed by atoms with E-state index in [0.29, 0.717) is 6.54 Å². The van der Waals surface area contributed by atoms with Crippen molar-refractivity contribution in [2.24, 2.45) is 0 Å². The minimum Gasteiger partial charge on any atom is -0.361 e. The maximum Gasteiger partial charge on any atom is 0.233 e. The molecule has 1 amide bonds. The maximum absolute atomic E-state index is 13.5. The van der Waals surface area contributed by atoms with Crippen molar-refractivity contribution in [2.45, 2.75) is 31.2 Å². The summed E-state index contributed by atoms with van der Waals surface area (Å²) in [5.74, 6) is -0.0445. The predicted octanol–water partition coefficient (Wildman–Crippen LogP) is 3.92. The average Bonchev–Trinajstić information content (AvgIpc) is 3.34. The Labute approximate surface area is 145 Å². The van der Waals surface area contributed by atoms with E-state index < -0.39 is 5.41 Å². The highest BCUT2D eigenvalue weighted by Crippen LogP contribution is 2.52. The highest BCUT2D eigenvalue weighted by molar-refractivity contribution is 5.97. The number of amides is 1. The molecule has 1 N–H and O–H groups in total. The number of hydrogen-bond donors (Lipinski definition) is 1. The molecule has 5 rings (SSSR count). The van der Waals surface area contributed by atoms with E-state index in [2.05, 4.69) is 23.2 Å². The van der Waals surface area contributed by atoms with Crippen LogP contribution in [-0.2, 0) is 23.2 Å². The molecule has 2 aliphatic rings. The van der Waals surface area contributed by atoms with Gasteiger partial charge in [0.1, 0.15) is 5.82 Å². The summed E-state index contributed by atoms with van der Waals surface area (Å²) in [5, 5.41) is 0.963. The van der Waals surface area contributed by atoms with Crippen LogP contribution in [0.1, 0.15) is 29.5 Å². The first-order chi connectivity index (χ1) is 12.2. The van der Waals surface area contributed by atoms with Crippen LogP contribution in [-0.4, -0.2) is 22.3 Å². The van der Waals surface area contributed by atoms with Crippen LogP contribution in [0.15, 0.2) is 48.7 Å². The lowest BCUT2D eigenvalue weighted by Crippen LogP contribution is -2.42. The summed E-state index contributed by atoms with van der Waals surface area (Å²) in [6, 6.07) is 13.1. The molecule has 0 radical (unpaired) electrons. The molecule has 3 aromatic rings. The quantitative estimate of drug-likeness (QED) is 0.757. The molecular formula is C21H19FN2O. The van der Waals surface area contributed by atoms with Crippen molar-refractivity contribution in [1.29, 1.82) is 0 Å². The van der Waals surface area contributed by atoms with Crippen LogP contribution in [0.3, 0.4) is 0 Å². The minimum absolute atomic E-state index is 0.215. The number of halogens is 1. The topological polar surface area (TPSA) is 36.1 Å². The van der Waals surface area contributed by atoms with Crippen molar-refractivity contribution in [3.05, 3.63) is 71.2 Å². The number of H-pyrrole nitrogens is 1. The summed E-state index contributed by atoms with van der Waals surface area (Å²) in [5.41, 5.74) is 3.95. The third-order valence-corrected chi connectivity index (χ3v) is 5.74. The Balaban J connectivity index is 1.49. The maximum atomic E-state index is 13.5. The largest absolute Gasteiger partial charge is 0.361 e. The van der Waals surface area contributed by atoms with Crippen molar-refractivity contribution in [2.75, 3.05) is 6.54 Å². The van der Waals surface area contributed by atoms with Crippen molar-refractivity contribution < 1.29 is 9.18 Å². The summed E-state index contributed by atoms with van der Waals surface area (Å²) < 4.78 is 13.5. The normalized spacial score (nSPS) is 18.2. The van der Waals surface area contributed by atoms with E-state index in [1.807, 2.05) is 17.2 Å². The molecule has 1 aliphatic carbocycles. The van der Waals surface area contributed by atoms with Gasteiger partial charge < -0.3 is 9.88 Å². The van der Waals surface area contributed by atoms with E-state index in [-0.39, 0.29) is 11.7 Å². The zero-order valence-electron chi connectivity index (χ0n) is 13.9. The fourth-order valence-electron chi connectivity index (χ4n) is 4.19. The van der Waals surface area contributed by atoms with E-state index >= 15 is 0 Å². The van der Waals surface area contributed by atoms with Crippen LogP contribution in [0.25, 0.3) is 10.9 Å². The van der Waals surface area contributed by atoms with Gasteiger partial charge in [-0.05, 0) is 54.2 Å². The molecule has 1 saturated carbocycles. The Morgan fingerprint density at radius 3 is 2.72 bits per heavy atom. The number of hydrogen-bond acceptors (Lipinski definition) is 1. The van der Waals surface area contributed by atoms with Crippen molar-refractivity contribution in [1.82, 2.24) is 9.88 Å². The lowest BCUT2D eigenvalue weighted by Gasteiger charge is -2.32. The second-order valence-electron chi connectivity index (χ2n) is 7.22. The fraction of sp³-hybridized carbons (Fsp3) is 0.286. The molecule has 0 atom stereocenters. The van der Waals surface area contributed by atoms with Crippen LogP contribution in [0.2, 0.25) is 0 Å². The molecule has 0 bridgehead atoms. The smallest absolute Gasteiger partial charge is 0.233 e.